The first-order valence-corrected chi connectivity index (χ1v) is 10.1. The number of carboxylic acid groups (broad SMARTS) is 1. The van der Waals surface area contributed by atoms with Crippen LogP contribution in [0.15, 0.2) is 58.7 Å². The predicted octanol–water partition coefficient (Wildman–Crippen LogP) is 5.36. The standard InChI is InChI=1S/C22H22BrNO4/c23-18-7-3-4-8-20(18)28-17-11-9-16(10-12-17)13-19(22(26)27)24-21(25)14-15-5-1-2-6-15/h3-4,7-13,15H,1-2,5-6,14H2,(H,24,25)(H,26,27)/b19-13+. The summed E-state index contributed by atoms with van der Waals surface area (Å²) in [5.41, 5.74) is 0.542. The molecule has 0 spiro atoms. The van der Waals surface area contributed by atoms with Crippen molar-refractivity contribution in [2.75, 3.05) is 0 Å². The lowest BCUT2D eigenvalue weighted by molar-refractivity contribution is -0.134. The van der Waals surface area contributed by atoms with E-state index in [9.17, 15) is 14.7 Å². The summed E-state index contributed by atoms with van der Waals surface area (Å²) in [5.74, 6) is 0.286. The molecule has 1 saturated carbocycles. The average molecular weight is 444 g/mol. The van der Waals surface area contributed by atoms with E-state index in [4.69, 9.17) is 4.74 Å². The van der Waals surface area contributed by atoms with Crippen molar-refractivity contribution in [3.8, 4) is 11.5 Å². The van der Waals surface area contributed by atoms with Gasteiger partial charge in [0.25, 0.3) is 0 Å². The first-order valence-electron chi connectivity index (χ1n) is 9.28. The molecule has 3 rings (SSSR count). The second-order valence-corrected chi connectivity index (χ2v) is 7.72. The zero-order valence-electron chi connectivity index (χ0n) is 15.4. The van der Waals surface area contributed by atoms with E-state index in [1.54, 1.807) is 24.3 Å². The maximum absolute atomic E-state index is 12.2. The summed E-state index contributed by atoms with van der Waals surface area (Å²) in [6.07, 6.45) is 6.21. The number of carbonyl (C=O) groups is 2. The molecule has 2 aromatic carbocycles. The van der Waals surface area contributed by atoms with Gasteiger partial charge in [-0.05, 0) is 70.6 Å². The van der Waals surface area contributed by atoms with E-state index in [2.05, 4.69) is 21.2 Å². The Kier molecular flexibility index (Phi) is 6.87. The minimum atomic E-state index is -1.16. The fourth-order valence-electron chi connectivity index (χ4n) is 3.28. The van der Waals surface area contributed by atoms with Crippen molar-refractivity contribution in [1.29, 1.82) is 0 Å². The van der Waals surface area contributed by atoms with Crippen molar-refractivity contribution in [2.45, 2.75) is 32.1 Å². The third kappa shape index (κ3) is 5.70. The summed E-state index contributed by atoms with van der Waals surface area (Å²) in [7, 11) is 0. The van der Waals surface area contributed by atoms with Crippen LogP contribution in [0.4, 0.5) is 0 Å². The van der Waals surface area contributed by atoms with Gasteiger partial charge in [0.15, 0.2) is 0 Å². The molecule has 0 radical (unpaired) electrons. The Morgan fingerprint density at radius 2 is 1.79 bits per heavy atom. The molecule has 0 atom stereocenters. The summed E-state index contributed by atoms with van der Waals surface area (Å²) in [5, 5.41) is 12.0. The Morgan fingerprint density at radius 1 is 1.11 bits per heavy atom. The Hall–Kier alpha value is -2.60. The lowest BCUT2D eigenvalue weighted by atomic mass is 10.0. The van der Waals surface area contributed by atoms with Gasteiger partial charge < -0.3 is 15.2 Å². The normalized spacial score (nSPS) is 14.7. The van der Waals surface area contributed by atoms with E-state index in [1.807, 2.05) is 24.3 Å². The maximum atomic E-state index is 12.2. The van der Waals surface area contributed by atoms with Gasteiger partial charge in [-0.25, -0.2) is 4.79 Å². The van der Waals surface area contributed by atoms with Crippen LogP contribution in [0, 0.1) is 5.92 Å². The van der Waals surface area contributed by atoms with Gasteiger partial charge in [0.1, 0.15) is 17.2 Å². The van der Waals surface area contributed by atoms with Gasteiger partial charge in [-0.3, -0.25) is 4.79 Å². The number of carboxylic acids is 1. The molecule has 28 heavy (non-hydrogen) atoms. The molecule has 2 N–H and O–H groups in total. The van der Waals surface area contributed by atoms with Crippen LogP contribution in [0.1, 0.15) is 37.7 Å². The van der Waals surface area contributed by atoms with E-state index in [0.717, 1.165) is 30.2 Å². The number of carbonyl (C=O) groups excluding carboxylic acids is 1. The van der Waals surface area contributed by atoms with Gasteiger partial charge in [-0.2, -0.15) is 0 Å². The molecule has 6 heteroatoms. The lowest BCUT2D eigenvalue weighted by Gasteiger charge is -2.10. The van der Waals surface area contributed by atoms with E-state index in [1.165, 1.54) is 6.08 Å². The van der Waals surface area contributed by atoms with Crippen LogP contribution in [-0.2, 0) is 9.59 Å². The van der Waals surface area contributed by atoms with E-state index >= 15 is 0 Å². The van der Waals surface area contributed by atoms with Crippen molar-refractivity contribution >= 4 is 33.9 Å². The maximum Gasteiger partial charge on any atom is 0.352 e. The topological polar surface area (TPSA) is 75.6 Å². The fraction of sp³-hybridized carbons (Fsp3) is 0.273. The van der Waals surface area contributed by atoms with Crippen LogP contribution in [-0.4, -0.2) is 17.0 Å². The number of ether oxygens (including phenoxy) is 1. The van der Waals surface area contributed by atoms with E-state index < -0.39 is 5.97 Å². The number of benzene rings is 2. The van der Waals surface area contributed by atoms with Crippen LogP contribution >= 0.6 is 15.9 Å². The third-order valence-corrected chi connectivity index (χ3v) is 5.36. The molecule has 1 aliphatic carbocycles. The predicted molar refractivity (Wildman–Crippen MR) is 111 cm³/mol. The lowest BCUT2D eigenvalue weighted by Crippen LogP contribution is -2.28. The largest absolute Gasteiger partial charge is 0.477 e. The SMILES string of the molecule is O=C(CC1CCCC1)N/C(=C/c1ccc(Oc2ccccc2Br)cc1)C(=O)O. The number of rotatable bonds is 7. The van der Waals surface area contributed by atoms with Crippen molar-refractivity contribution in [3.05, 3.63) is 64.3 Å². The summed E-state index contributed by atoms with van der Waals surface area (Å²) >= 11 is 3.43. The number of hydrogen-bond acceptors (Lipinski definition) is 3. The van der Waals surface area contributed by atoms with Crippen LogP contribution in [0.2, 0.25) is 0 Å². The molecule has 1 amide bonds. The summed E-state index contributed by atoms with van der Waals surface area (Å²) in [4.78, 5) is 23.7. The second kappa shape index (κ2) is 9.55. The molecule has 0 unspecified atom stereocenters. The van der Waals surface area contributed by atoms with Crippen molar-refractivity contribution in [2.24, 2.45) is 5.92 Å². The quantitative estimate of drug-likeness (QED) is 0.564. The smallest absolute Gasteiger partial charge is 0.352 e. The minimum absolute atomic E-state index is 0.123. The number of aliphatic carboxylic acids is 1. The molecule has 0 bridgehead atoms. The molecular weight excluding hydrogens is 422 g/mol. The molecule has 1 aliphatic rings. The second-order valence-electron chi connectivity index (χ2n) is 6.87. The Labute approximate surface area is 172 Å². The highest BCUT2D eigenvalue weighted by Gasteiger charge is 2.20. The highest BCUT2D eigenvalue weighted by molar-refractivity contribution is 9.10. The monoisotopic (exact) mass is 443 g/mol. The van der Waals surface area contributed by atoms with Gasteiger partial charge in [0.05, 0.1) is 4.47 Å². The van der Waals surface area contributed by atoms with Gasteiger partial charge >= 0.3 is 5.97 Å². The Morgan fingerprint density at radius 3 is 2.43 bits per heavy atom. The van der Waals surface area contributed by atoms with Gasteiger partial charge in [0, 0.05) is 6.42 Å². The van der Waals surface area contributed by atoms with Crippen LogP contribution in [0.3, 0.4) is 0 Å². The molecule has 1 fully saturated rings. The summed E-state index contributed by atoms with van der Waals surface area (Å²) in [6, 6.07) is 14.5. The first kappa shape index (κ1) is 20.1. The van der Waals surface area contributed by atoms with Gasteiger partial charge in [-0.1, -0.05) is 37.1 Å². The molecule has 0 saturated heterocycles. The highest BCUT2D eigenvalue weighted by Crippen LogP contribution is 2.29. The van der Waals surface area contributed by atoms with Crippen LogP contribution in [0.25, 0.3) is 6.08 Å². The van der Waals surface area contributed by atoms with E-state index in [0.29, 0.717) is 29.4 Å². The van der Waals surface area contributed by atoms with Crippen LogP contribution in [0.5, 0.6) is 11.5 Å². The van der Waals surface area contributed by atoms with Crippen LogP contribution < -0.4 is 10.1 Å². The molecule has 0 aliphatic heterocycles. The number of nitrogens with one attached hydrogen (secondary N) is 1. The first-order chi connectivity index (χ1) is 13.5. The molecule has 0 aromatic heterocycles. The van der Waals surface area contributed by atoms with Gasteiger partial charge in [-0.15, -0.1) is 0 Å². The number of amides is 1. The number of halogens is 1. The van der Waals surface area contributed by atoms with Crippen molar-refractivity contribution in [1.82, 2.24) is 5.32 Å². The summed E-state index contributed by atoms with van der Waals surface area (Å²) < 4.78 is 6.65. The Balaban J connectivity index is 1.66. The molecule has 5 nitrogen and oxygen atoms in total. The minimum Gasteiger partial charge on any atom is -0.477 e. The highest BCUT2D eigenvalue weighted by atomic mass is 79.9. The zero-order chi connectivity index (χ0) is 19.9. The molecular formula is C22H22BrNO4. The third-order valence-electron chi connectivity index (χ3n) is 4.71. The van der Waals surface area contributed by atoms with Crippen molar-refractivity contribution in [3.63, 3.8) is 0 Å². The van der Waals surface area contributed by atoms with E-state index in [-0.39, 0.29) is 11.6 Å². The van der Waals surface area contributed by atoms with Crippen molar-refractivity contribution < 1.29 is 19.4 Å². The number of para-hydroxylation sites is 1. The Bertz CT molecular complexity index is 870. The average Bonchev–Trinajstić information content (AvgIpc) is 3.17. The fourth-order valence-corrected chi connectivity index (χ4v) is 3.65. The molecule has 0 heterocycles. The van der Waals surface area contributed by atoms with Gasteiger partial charge in [0.2, 0.25) is 5.91 Å². The number of hydrogen-bond donors (Lipinski definition) is 2. The zero-order valence-corrected chi connectivity index (χ0v) is 16.9. The summed E-state index contributed by atoms with van der Waals surface area (Å²) in [6.45, 7) is 0. The molecule has 2 aromatic rings. The molecule has 146 valence electrons.